The summed E-state index contributed by atoms with van der Waals surface area (Å²) in [6, 6.07) is 9.63. The van der Waals surface area contributed by atoms with Gasteiger partial charge in [-0.25, -0.2) is 19.3 Å². The fourth-order valence-corrected chi connectivity index (χ4v) is 11.8. The number of rotatable bonds is 20. The Labute approximate surface area is 453 Å². The molecule has 4 aromatic rings. The van der Waals surface area contributed by atoms with E-state index >= 15 is 0 Å². The topological polar surface area (TPSA) is 205 Å². The van der Waals surface area contributed by atoms with E-state index in [1.54, 1.807) is 24.0 Å². The van der Waals surface area contributed by atoms with Gasteiger partial charge in [0.05, 0.1) is 45.8 Å². The summed E-state index contributed by atoms with van der Waals surface area (Å²) in [4.78, 5) is 88.2. The monoisotopic (exact) mass is 1090 g/mol. The van der Waals surface area contributed by atoms with Crippen molar-refractivity contribution in [1.82, 2.24) is 35.4 Å². The highest BCUT2D eigenvalue weighted by Gasteiger charge is 2.53. The van der Waals surface area contributed by atoms with Gasteiger partial charge in [0, 0.05) is 62.6 Å². The first-order valence-electron chi connectivity index (χ1n) is 26.4. The van der Waals surface area contributed by atoms with Gasteiger partial charge in [-0.2, -0.15) is 0 Å². The first-order chi connectivity index (χ1) is 35.8. The van der Waals surface area contributed by atoms with Crippen molar-refractivity contribution >= 4 is 75.7 Å². The zero-order valence-electron chi connectivity index (χ0n) is 43.9. The van der Waals surface area contributed by atoms with E-state index < -0.39 is 35.0 Å². The van der Waals surface area contributed by atoms with Crippen molar-refractivity contribution < 1.29 is 33.1 Å². The molecule has 5 N–H and O–H groups in total. The predicted molar refractivity (Wildman–Crippen MR) is 291 cm³/mol. The van der Waals surface area contributed by atoms with Crippen LogP contribution in [-0.4, -0.2) is 118 Å². The van der Waals surface area contributed by atoms with Gasteiger partial charge in [0.15, 0.2) is 5.67 Å². The second-order valence-corrected chi connectivity index (χ2v) is 24.3. The average molecular weight is 1090 g/mol. The number of aromatic nitrogens is 3. The van der Waals surface area contributed by atoms with Crippen LogP contribution in [0.2, 0.25) is 5.02 Å². The summed E-state index contributed by atoms with van der Waals surface area (Å²) in [5.41, 5.74) is 8.40. The number of hydrogen-bond acceptors (Lipinski definition) is 13. The molecule has 16 nitrogen and oxygen atoms in total. The molecule has 20 heteroatoms. The Morgan fingerprint density at radius 1 is 0.973 bits per heavy atom. The number of thiazole rings is 1. The summed E-state index contributed by atoms with van der Waals surface area (Å²) in [7, 11) is 0. The molecular weight excluding hydrogens is 1020 g/mol. The van der Waals surface area contributed by atoms with Crippen molar-refractivity contribution in [2.24, 2.45) is 22.5 Å². The molecule has 2 aromatic heterocycles. The quantitative estimate of drug-likeness (QED) is 0.0614. The summed E-state index contributed by atoms with van der Waals surface area (Å²) in [6.45, 7) is 14.1. The number of likely N-dealkylation sites (tertiary alicyclic amines) is 2. The van der Waals surface area contributed by atoms with E-state index in [0.717, 1.165) is 71.2 Å². The van der Waals surface area contributed by atoms with Gasteiger partial charge in [-0.15, -0.1) is 11.3 Å². The third-order valence-electron chi connectivity index (χ3n) is 15.2. The zero-order valence-corrected chi connectivity index (χ0v) is 46.2. The van der Waals surface area contributed by atoms with Crippen molar-refractivity contribution in [2.75, 3.05) is 56.1 Å². The van der Waals surface area contributed by atoms with Gasteiger partial charge in [-0.05, 0) is 118 Å². The maximum atomic E-state index is 14.7. The minimum Gasteiger partial charge on any atom is -0.493 e. The number of nitrogens with one attached hydrogen (secondary N) is 3. The Hall–Kier alpha value is -5.37. The molecule has 0 bridgehead atoms. The molecule has 75 heavy (non-hydrogen) atoms. The van der Waals surface area contributed by atoms with Crippen LogP contribution >= 0.6 is 34.7 Å². The van der Waals surface area contributed by atoms with Gasteiger partial charge in [0.2, 0.25) is 23.6 Å². The van der Waals surface area contributed by atoms with E-state index in [1.807, 2.05) is 62.9 Å². The number of hydrogen-bond donors (Lipinski definition) is 4. The highest BCUT2D eigenvalue weighted by molar-refractivity contribution is 7.99. The summed E-state index contributed by atoms with van der Waals surface area (Å²) >= 11 is 9.73. The molecule has 4 fully saturated rings. The number of benzene rings is 2. The molecule has 3 aliphatic heterocycles. The van der Waals surface area contributed by atoms with Crippen LogP contribution in [0.4, 0.5) is 15.9 Å². The molecule has 1 saturated carbocycles. The SMILES string of the molecule is Cc1ncsc1-c1ccc(CNC(=O)[C@@H]2CCCN2C(=O)[C@@H](NC(=O)C2(F)CC2)C(C)(C)C)c(OCCCC(=O)N2CCC(CCC(=O)Nc3cccc(Sc4cnc(N5CCC(C)(CN)CC5)cn4)c3Cl)CC2)c1. The van der Waals surface area contributed by atoms with E-state index in [-0.39, 0.29) is 49.1 Å². The minimum atomic E-state index is -1.93. The maximum absolute atomic E-state index is 14.7. The molecule has 0 spiro atoms. The van der Waals surface area contributed by atoms with Crippen LogP contribution in [0.3, 0.4) is 0 Å². The van der Waals surface area contributed by atoms with Crippen molar-refractivity contribution in [3.63, 3.8) is 0 Å². The van der Waals surface area contributed by atoms with Crippen LogP contribution in [0.15, 0.2) is 64.2 Å². The molecule has 5 amide bonds. The van der Waals surface area contributed by atoms with E-state index in [1.165, 1.54) is 28.0 Å². The lowest BCUT2D eigenvalue weighted by Crippen LogP contribution is -2.58. The Bertz CT molecular complexity index is 2680. The predicted octanol–water partition coefficient (Wildman–Crippen LogP) is 8.74. The first kappa shape index (κ1) is 55.9. The number of carbonyl (C=O) groups excluding carboxylic acids is 5. The molecule has 0 unspecified atom stereocenters. The fourth-order valence-electron chi connectivity index (χ4n) is 9.96. The number of piperidine rings is 2. The largest absolute Gasteiger partial charge is 0.493 e. The van der Waals surface area contributed by atoms with Crippen molar-refractivity contribution in [2.45, 2.75) is 146 Å². The molecule has 5 heterocycles. The molecular formula is C55H72ClFN10O6S2. The lowest BCUT2D eigenvalue weighted by molar-refractivity contribution is -0.144. The summed E-state index contributed by atoms with van der Waals surface area (Å²) in [5.74, 6) is 0.178. The van der Waals surface area contributed by atoms with Crippen LogP contribution in [0.5, 0.6) is 5.75 Å². The number of nitrogens with two attached hydrogens (primary N) is 1. The van der Waals surface area contributed by atoms with Crippen LogP contribution in [-0.2, 0) is 30.5 Å². The van der Waals surface area contributed by atoms with Crippen molar-refractivity contribution in [1.29, 1.82) is 0 Å². The number of alkyl halides is 1. The second-order valence-electron chi connectivity index (χ2n) is 22.0. The highest BCUT2D eigenvalue weighted by Crippen LogP contribution is 2.41. The highest BCUT2D eigenvalue weighted by atomic mass is 35.5. The van der Waals surface area contributed by atoms with Gasteiger partial charge < -0.3 is 41.1 Å². The fraction of sp³-hybridized carbons (Fsp3) is 0.564. The van der Waals surface area contributed by atoms with Crippen LogP contribution < -0.4 is 31.3 Å². The molecule has 2 aromatic carbocycles. The van der Waals surface area contributed by atoms with Crippen LogP contribution in [0.1, 0.15) is 116 Å². The Morgan fingerprint density at radius 2 is 1.73 bits per heavy atom. The molecule has 2 atom stereocenters. The van der Waals surface area contributed by atoms with Gasteiger partial charge in [0.25, 0.3) is 5.91 Å². The van der Waals surface area contributed by atoms with Crippen LogP contribution in [0.25, 0.3) is 10.4 Å². The van der Waals surface area contributed by atoms with Gasteiger partial charge in [-0.1, -0.05) is 69.3 Å². The average Bonchev–Trinajstić information content (AvgIpc) is 3.72. The molecule has 1 aliphatic carbocycles. The number of anilines is 2. The third-order valence-corrected chi connectivity index (χ3v) is 17.7. The Balaban J connectivity index is 0.774. The smallest absolute Gasteiger partial charge is 0.258 e. The summed E-state index contributed by atoms with van der Waals surface area (Å²) < 4.78 is 21.0. The van der Waals surface area contributed by atoms with E-state index in [0.29, 0.717) is 92.1 Å². The minimum absolute atomic E-state index is 0.0591. The second kappa shape index (κ2) is 24.3. The van der Waals surface area contributed by atoms with Gasteiger partial charge in [0.1, 0.15) is 28.7 Å². The standard InChI is InChI=1S/C55H72ClFN10O6S2/c1-35-48(74-34-62-35)37-14-15-38(30-61-50(70)40-10-7-23-67(40)51(71)49(53(2,3)4)64-52(72)55(57)19-20-55)41(29-37)73-28-8-12-46(69)66-24-17-36(18-25-66)13-16-44(68)63-39-9-6-11-42(47(39)56)75-45-32-59-43(31-60-45)65-26-21-54(5,33-58)22-27-65/h6,9,11,14-15,29,31-32,34,36,40,49H,7-8,10,12-13,16-28,30,33,58H2,1-5H3,(H,61,70)(H,63,68)(H,64,72)/t40-,49+/m0/s1. The Kier molecular flexibility index (Phi) is 18.1. The van der Waals surface area contributed by atoms with Gasteiger partial charge in [-0.3, -0.25) is 24.0 Å². The maximum Gasteiger partial charge on any atom is 0.258 e. The number of nitrogens with zero attached hydrogens (tertiary/aromatic N) is 6. The number of aryl methyl sites for hydroxylation is 1. The lowest BCUT2D eigenvalue weighted by atomic mass is 9.80. The number of halogens is 2. The Morgan fingerprint density at radius 3 is 2.40 bits per heavy atom. The number of ether oxygens (including phenoxy) is 1. The van der Waals surface area contributed by atoms with E-state index in [9.17, 15) is 28.4 Å². The number of carbonyl (C=O) groups is 5. The van der Waals surface area contributed by atoms with Crippen LogP contribution in [0, 0.1) is 23.7 Å². The molecule has 3 saturated heterocycles. The number of amides is 5. The molecule has 8 rings (SSSR count). The lowest BCUT2D eigenvalue weighted by Gasteiger charge is -2.39. The first-order valence-corrected chi connectivity index (χ1v) is 28.5. The summed E-state index contributed by atoms with van der Waals surface area (Å²) in [5, 5.41) is 9.84. The molecule has 0 radical (unpaired) electrons. The summed E-state index contributed by atoms with van der Waals surface area (Å²) in [6.07, 6.45) is 10.4. The zero-order chi connectivity index (χ0) is 53.5. The van der Waals surface area contributed by atoms with Crippen molar-refractivity contribution in [3.8, 4) is 16.2 Å². The molecule has 404 valence electrons. The van der Waals surface area contributed by atoms with Crippen molar-refractivity contribution in [3.05, 3.63) is 70.6 Å². The normalized spacial score (nSPS) is 18.8. The van der Waals surface area contributed by atoms with E-state index in [2.05, 4.69) is 42.7 Å². The van der Waals surface area contributed by atoms with Gasteiger partial charge >= 0.3 is 0 Å². The molecule has 4 aliphatic rings. The third kappa shape index (κ3) is 14.2. The van der Waals surface area contributed by atoms with E-state index in [4.69, 9.17) is 22.1 Å².